The molecule has 0 radical (unpaired) electrons. The molecule has 0 heterocycles. The lowest BCUT2D eigenvalue weighted by Crippen LogP contribution is -2.42. The van der Waals surface area contributed by atoms with Gasteiger partial charge in [-0.15, -0.1) is 0 Å². The van der Waals surface area contributed by atoms with Crippen molar-refractivity contribution in [2.75, 3.05) is 6.61 Å². The van der Waals surface area contributed by atoms with Gasteiger partial charge < -0.3 is 11.1 Å². The van der Waals surface area contributed by atoms with Crippen LogP contribution in [0.1, 0.15) is 18.5 Å². The maximum atomic E-state index is 11.7. The van der Waals surface area contributed by atoms with Gasteiger partial charge in [-0.25, -0.2) is 10.3 Å². The predicted molar refractivity (Wildman–Crippen MR) is 61.7 cm³/mol. The molecular formula is C11H15N3O3. The maximum absolute atomic E-state index is 11.7. The first-order valence-electron chi connectivity index (χ1n) is 5.17. The summed E-state index contributed by atoms with van der Waals surface area (Å²) in [5, 5.41) is 2.35. The van der Waals surface area contributed by atoms with Crippen LogP contribution in [-0.4, -0.2) is 18.5 Å². The van der Waals surface area contributed by atoms with Crippen LogP contribution < -0.4 is 16.5 Å². The fourth-order valence-corrected chi connectivity index (χ4v) is 1.29. The molecule has 0 bridgehead atoms. The molecule has 0 spiro atoms. The Morgan fingerprint density at radius 1 is 1.35 bits per heavy atom. The first-order valence-corrected chi connectivity index (χ1v) is 5.17. The van der Waals surface area contributed by atoms with Crippen molar-refractivity contribution >= 4 is 11.9 Å². The van der Waals surface area contributed by atoms with Crippen LogP contribution in [0.15, 0.2) is 30.3 Å². The lowest BCUT2D eigenvalue weighted by Gasteiger charge is -2.16. The molecule has 0 saturated carbocycles. The SMILES string of the molecule is CCONC(=O)C(NC(N)=O)c1ccccc1. The minimum atomic E-state index is -0.861. The van der Waals surface area contributed by atoms with E-state index >= 15 is 0 Å². The van der Waals surface area contributed by atoms with Gasteiger partial charge in [-0.3, -0.25) is 9.63 Å². The number of nitrogens with two attached hydrogens (primary N) is 1. The Morgan fingerprint density at radius 3 is 2.53 bits per heavy atom. The van der Waals surface area contributed by atoms with Crippen molar-refractivity contribution in [3.63, 3.8) is 0 Å². The number of hydrogen-bond acceptors (Lipinski definition) is 3. The number of primary amides is 1. The summed E-state index contributed by atoms with van der Waals surface area (Å²) in [4.78, 5) is 27.4. The van der Waals surface area contributed by atoms with Gasteiger partial charge >= 0.3 is 6.03 Å². The van der Waals surface area contributed by atoms with E-state index < -0.39 is 18.0 Å². The first-order chi connectivity index (χ1) is 8.15. The van der Waals surface area contributed by atoms with Crippen molar-refractivity contribution in [1.29, 1.82) is 0 Å². The minimum absolute atomic E-state index is 0.337. The molecule has 3 amide bonds. The standard InChI is InChI=1S/C11H15N3O3/c1-2-17-14-10(15)9(13-11(12)16)8-6-4-3-5-7-8/h3-7,9H,2H2,1H3,(H,14,15)(H3,12,13,16). The first kappa shape index (κ1) is 13.0. The Morgan fingerprint density at radius 2 is 2.00 bits per heavy atom. The van der Waals surface area contributed by atoms with Crippen molar-refractivity contribution in [3.05, 3.63) is 35.9 Å². The van der Waals surface area contributed by atoms with Gasteiger partial charge in [-0.1, -0.05) is 30.3 Å². The number of carbonyl (C=O) groups excluding carboxylic acids is 2. The normalized spacial score (nSPS) is 11.6. The number of amides is 3. The predicted octanol–water partition coefficient (Wildman–Crippen LogP) is 0.464. The van der Waals surface area contributed by atoms with Crippen LogP contribution in [0.5, 0.6) is 0 Å². The number of hydroxylamine groups is 1. The Balaban J connectivity index is 2.80. The molecule has 92 valence electrons. The Kier molecular flexibility index (Phi) is 4.96. The molecule has 1 atom stereocenters. The third-order valence-electron chi connectivity index (χ3n) is 2.00. The van der Waals surface area contributed by atoms with Gasteiger partial charge in [0.1, 0.15) is 6.04 Å². The lowest BCUT2D eigenvalue weighted by atomic mass is 10.1. The highest BCUT2D eigenvalue weighted by Crippen LogP contribution is 2.12. The number of hydrogen-bond donors (Lipinski definition) is 3. The molecule has 0 fully saturated rings. The van der Waals surface area contributed by atoms with Crippen molar-refractivity contribution < 1.29 is 14.4 Å². The maximum Gasteiger partial charge on any atom is 0.313 e. The molecule has 17 heavy (non-hydrogen) atoms. The van der Waals surface area contributed by atoms with Crippen molar-refractivity contribution in [1.82, 2.24) is 10.8 Å². The second-order valence-corrected chi connectivity index (χ2v) is 3.25. The minimum Gasteiger partial charge on any atom is -0.352 e. The third-order valence-corrected chi connectivity index (χ3v) is 2.00. The van der Waals surface area contributed by atoms with Crippen LogP contribution in [0.3, 0.4) is 0 Å². The number of urea groups is 1. The molecule has 0 aliphatic rings. The van der Waals surface area contributed by atoms with E-state index in [1.165, 1.54) is 0 Å². The van der Waals surface area contributed by atoms with Crippen LogP contribution in [0, 0.1) is 0 Å². The van der Waals surface area contributed by atoms with Gasteiger partial charge in [-0.05, 0) is 12.5 Å². The molecule has 1 aromatic carbocycles. The molecule has 1 rings (SSSR count). The highest BCUT2D eigenvalue weighted by Gasteiger charge is 2.21. The molecular weight excluding hydrogens is 222 g/mol. The zero-order valence-corrected chi connectivity index (χ0v) is 9.47. The fourth-order valence-electron chi connectivity index (χ4n) is 1.29. The number of rotatable bonds is 5. The number of benzene rings is 1. The second-order valence-electron chi connectivity index (χ2n) is 3.25. The van der Waals surface area contributed by atoms with Crippen LogP contribution in [0.4, 0.5) is 4.79 Å². The summed E-state index contributed by atoms with van der Waals surface area (Å²) < 4.78 is 0. The molecule has 6 nitrogen and oxygen atoms in total. The van der Waals surface area contributed by atoms with Gasteiger partial charge in [0.25, 0.3) is 5.91 Å². The molecule has 1 aromatic rings. The molecule has 4 N–H and O–H groups in total. The summed E-state index contributed by atoms with van der Waals surface area (Å²) >= 11 is 0. The lowest BCUT2D eigenvalue weighted by molar-refractivity contribution is -0.135. The van der Waals surface area contributed by atoms with E-state index in [1.807, 2.05) is 6.07 Å². The van der Waals surface area contributed by atoms with Gasteiger partial charge in [0, 0.05) is 0 Å². The van der Waals surface area contributed by atoms with Crippen LogP contribution in [0.2, 0.25) is 0 Å². The summed E-state index contributed by atoms with van der Waals surface area (Å²) in [6.45, 7) is 2.07. The summed E-state index contributed by atoms with van der Waals surface area (Å²) in [6.07, 6.45) is 0. The fraction of sp³-hybridized carbons (Fsp3) is 0.273. The quantitative estimate of drug-likeness (QED) is 0.649. The Hall–Kier alpha value is -2.08. The number of nitrogens with one attached hydrogen (secondary N) is 2. The van der Waals surface area contributed by atoms with E-state index in [0.717, 1.165) is 0 Å². The average Bonchev–Trinajstić information content (AvgIpc) is 2.34. The molecule has 0 aromatic heterocycles. The summed E-state index contributed by atoms with van der Waals surface area (Å²) in [7, 11) is 0. The largest absolute Gasteiger partial charge is 0.352 e. The van der Waals surface area contributed by atoms with Crippen molar-refractivity contribution in [2.24, 2.45) is 5.73 Å². The van der Waals surface area contributed by atoms with Crippen LogP contribution in [-0.2, 0) is 9.63 Å². The molecule has 0 aliphatic carbocycles. The number of carbonyl (C=O) groups is 2. The van der Waals surface area contributed by atoms with Gasteiger partial charge in [0.2, 0.25) is 0 Å². The van der Waals surface area contributed by atoms with E-state index in [0.29, 0.717) is 12.2 Å². The molecule has 0 aliphatic heterocycles. The average molecular weight is 237 g/mol. The van der Waals surface area contributed by atoms with E-state index in [1.54, 1.807) is 31.2 Å². The molecule has 6 heteroatoms. The highest BCUT2D eigenvalue weighted by atomic mass is 16.6. The van der Waals surface area contributed by atoms with Gasteiger partial charge in [0.15, 0.2) is 0 Å². The van der Waals surface area contributed by atoms with Crippen LogP contribution in [0.25, 0.3) is 0 Å². The van der Waals surface area contributed by atoms with E-state index in [-0.39, 0.29) is 0 Å². The van der Waals surface area contributed by atoms with E-state index in [2.05, 4.69) is 10.8 Å². The zero-order valence-electron chi connectivity index (χ0n) is 9.47. The van der Waals surface area contributed by atoms with E-state index in [9.17, 15) is 9.59 Å². The third kappa shape index (κ3) is 4.12. The van der Waals surface area contributed by atoms with Crippen LogP contribution >= 0.6 is 0 Å². The van der Waals surface area contributed by atoms with Crippen molar-refractivity contribution in [2.45, 2.75) is 13.0 Å². The summed E-state index contributed by atoms with van der Waals surface area (Å²) in [5.74, 6) is -0.475. The van der Waals surface area contributed by atoms with Gasteiger partial charge in [-0.2, -0.15) is 0 Å². The second kappa shape index (κ2) is 6.49. The van der Waals surface area contributed by atoms with E-state index in [4.69, 9.17) is 10.6 Å². The Bertz CT molecular complexity index is 381. The molecule has 0 saturated heterocycles. The summed E-state index contributed by atoms with van der Waals surface area (Å²) in [6, 6.07) is 7.13. The molecule has 1 unspecified atom stereocenters. The highest BCUT2D eigenvalue weighted by molar-refractivity contribution is 5.87. The smallest absolute Gasteiger partial charge is 0.313 e. The Labute approximate surface area is 99.1 Å². The topological polar surface area (TPSA) is 93.4 Å². The zero-order chi connectivity index (χ0) is 12.7. The van der Waals surface area contributed by atoms with Gasteiger partial charge in [0.05, 0.1) is 6.61 Å². The monoisotopic (exact) mass is 237 g/mol. The summed E-state index contributed by atoms with van der Waals surface area (Å²) in [5.41, 5.74) is 7.88. The van der Waals surface area contributed by atoms with Crippen molar-refractivity contribution in [3.8, 4) is 0 Å².